The first-order chi connectivity index (χ1) is 22.0. The first-order valence-corrected chi connectivity index (χ1v) is 16.0. The number of thiophene rings is 1. The summed E-state index contributed by atoms with van der Waals surface area (Å²) in [6.07, 6.45) is 4.94. The number of fused-ring (bicyclic) bond motifs is 5. The molecule has 2 aromatic carbocycles. The van der Waals surface area contributed by atoms with Crippen LogP contribution in [-0.2, 0) is 35.5 Å². The number of morpholine rings is 1. The lowest BCUT2D eigenvalue weighted by Gasteiger charge is -2.26. The van der Waals surface area contributed by atoms with Gasteiger partial charge in [0.15, 0.2) is 0 Å². The number of nitrogens with one attached hydrogen (secondary N) is 2. The molecule has 10 nitrogen and oxygen atoms in total. The van der Waals surface area contributed by atoms with Crippen LogP contribution in [0.1, 0.15) is 16.8 Å². The van der Waals surface area contributed by atoms with E-state index in [1.807, 2.05) is 16.9 Å². The van der Waals surface area contributed by atoms with Crippen LogP contribution < -0.4 is 15.4 Å². The van der Waals surface area contributed by atoms with Gasteiger partial charge in [0.05, 0.1) is 29.8 Å². The Labute approximate surface area is 268 Å². The number of hydrogen-bond donors (Lipinski definition) is 2. The number of amides is 1. The van der Waals surface area contributed by atoms with Crippen molar-refractivity contribution in [1.29, 1.82) is 0 Å². The normalized spacial score (nSPS) is 14.6. The van der Waals surface area contributed by atoms with E-state index in [2.05, 4.69) is 30.6 Å². The maximum absolute atomic E-state index is 13.5. The molecule has 2 aliphatic rings. The lowest BCUT2D eigenvalue weighted by Crippen LogP contribution is -2.42. The Kier molecular flexibility index (Phi) is 8.61. The van der Waals surface area contributed by atoms with Gasteiger partial charge in [-0.3, -0.25) is 14.4 Å². The Balaban J connectivity index is 1.04. The molecular formula is C32H31ClFN7O3S. The van der Waals surface area contributed by atoms with Gasteiger partial charge in [0.25, 0.3) is 0 Å². The molecule has 1 fully saturated rings. The number of ether oxygens (including phenoxy) is 2. The average Bonchev–Trinajstić information content (AvgIpc) is 3.63. The maximum atomic E-state index is 13.5. The van der Waals surface area contributed by atoms with E-state index in [9.17, 15) is 9.18 Å². The number of nitrogens with zero attached hydrogens (tertiary/aromatic N) is 5. The molecule has 13 heteroatoms. The molecule has 0 saturated carbocycles. The Morgan fingerprint density at radius 2 is 2.02 bits per heavy atom. The Bertz CT molecular complexity index is 1860. The molecule has 0 unspecified atom stereocenters. The molecule has 0 atom stereocenters. The zero-order chi connectivity index (χ0) is 30.8. The van der Waals surface area contributed by atoms with Crippen LogP contribution in [0.25, 0.3) is 20.7 Å². The number of hydrogen-bond acceptors (Lipinski definition) is 9. The highest BCUT2D eigenvalue weighted by atomic mass is 35.5. The fourth-order valence-corrected chi connectivity index (χ4v) is 7.23. The van der Waals surface area contributed by atoms with Gasteiger partial charge in [-0.1, -0.05) is 23.7 Å². The fraction of sp³-hybridized carbons (Fsp3) is 0.312. The first-order valence-electron chi connectivity index (χ1n) is 14.8. The van der Waals surface area contributed by atoms with Gasteiger partial charge in [-0.25, -0.2) is 14.4 Å². The summed E-state index contributed by atoms with van der Waals surface area (Å²) in [4.78, 5) is 26.1. The highest BCUT2D eigenvalue weighted by molar-refractivity contribution is 7.22. The summed E-state index contributed by atoms with van der Waals surface area (Å²) in [6.45, 7) is 5.10. The molecule has 45 heavy (non-hydrogen) atoms. The molecule has 3 aromatic heterocycles. The largest absolute Gasteiger partial charge is 0.487 e. The van der Waals surface area contributed by atoms with Crippen molar-refractivity contribution in [2.24, 2.45) is 0 Å². The second kappa shape index (κ2) is 13.1. The second-order valence-corrected chi connectivity index (χ2v) is 12.4. The van der Waals surface area contributed by atoms with Gasteiger partial charge in [0, 0.05) is 48.0 Å². The van der Waals surface area contributed by atoms with E-state index < -0.39 is 0 Å². The van der Waals surface area contributed by atoms with Crippen LogP contribution in [0.4, 0.5) is 15.9 Å². The minimum atomic E-state index is -0.309. The van der Waals surface area contributed by atoms with Crippen LogP contribution in [0.5, 0.6) is 5.75 Å². The number of anilines is 2. The number of aromatic nitrogens is 4. The van der Waals surface area contributed by atoms with Crippen molar-refractivity contribution >= 4 is 50.6 Å². The molecule has 1 aliphatic carbocycles. The standard InChI is InChI=1S/C32H31ClFN7O3S/c33-25-15-22(4-7-27(25)44-18-20-2-1-3-21(34)14-20)39-31-29-23-5-6-26-24(30(23)45-32(29)37-19-36-31)16-38-41(26)17-28(42)35-8-9-40-10-12-43-13-11-40/h1-4,7,14-16,19H,5-6,8-13,17-18H2,(H,35,42)(H,36,37,39). The quantitative estimate of drug-likeness (QED) is 0.213. The summed E-state index contributed by atoms with van der Waals surface area (Å²) >= 11 is 8.16. The van der Waals surface area contributed by atoms with E-state index in [-0.39, 0.29) is 24.9 Å². The molecule has 7 rings (SSSR count). The number of carbonyl (C=O) groups is 1. The van der Waals surface area contributed by atoms with Gasteiger partial charge in [-0.2, -0.15) is 5.10 Å². The van der Waals surface area contributed by atoms with Crippen molar-refractivity contribution in [2.75, 3.05) is 44.7 Å². The Morgan fingerprint density at radius 3 is 2.87 bits per heavy atom. The average molecular weight is 648 g/mol. The summed E-state index contributed by atoms with van der Waals surface area (Å²) in [5.41, 5.74) is 4.73. The van der Waals surface area contributed by atoms with Crippen LogP contribution >= 0.6 is 22.9 Å². The highest BCUT2D eigenvalue weighted by Crippen LogP contribution is 2.45. The van der Waals surface area contributed by atoms with Crippen molar-refractivity contribution in [1.82, 2.24) is 30.0 Å². The van der Waals surface area contributed by atoms with Crippen LogP contribution in [0.2, 0.25) is 5.02 Å². The van der Waals surface area contributed by atoms with Crippen molar-refractivity contribution in [3.05, 3.63) is 82.6 Å². The molecule has 5 aromatic rings. The van der Waals surface area contributed by atoms with Crippen LogP contribution in [0, 0.1) is 5.82 Å². The zero-order valence-electron chi connectivity index (χ0n) is 24.4. The van der Waals surface area contributed by atoms with Crippen LogP contribution in [-0.4, -0.2) is 69.9 Å². The third-order valence-corrected chi connectivity index (χ3v) is 9.49. The summed E-state index contributed by atoms with van der Waals surface area (Å²) < 4.78 is 26.5. The monoisotopic (exact) mass is 647 g/mol. The fourth-order valence-electron chi connectivity index (χ4n) is 5.78. The molecule has 1 saturated heterocycles. The number of benzene rings is 2. The van der Waals surface area contributed by atoms with E-state index in [0.717, 1.165) is 83.3 Å². The third kappa shape index (κ3) is 6.50. The highest BCUT2D eigenvalue weighted by Gasteiger charge is 2.27. The molecule has 0 spiro atoms. The van der Waals surface area contributed by atoms with Gasteiger partial charge < -0.3 is 20.1 Å². The van der Waals surface area contributed by atoms with E-state index >= 15 is 0 Å². The van der Waals surface area contributed by atoms with E-state index in [1.54, 1.807) is 41.9 Å². The predicted molar refractivity (Wildman–Crippen MR) is 172 cm³/mol. The number of carbonyl (C=O) groups excluding carboxylic acids is 1. The number of rotatable bonds is 10. The van der Waals surface area contributed by atoms with Gasteiger partial charge in [0.1, 0.15) is 41.7 Å². The first kappa shape index (κ1) is 29.6. The smallest absolute Gasteiger partial charge is 0.241 e. The lowest BCUT2D eigenvalue weighted by atomic mass is 9.95. The van der Waals surface area contributed by atoms with Crippen molar-refractivity contribution in [2.45, 2.75) is 26.0 Å². The van der Waals surface area contributed by atoms with Gasteiger partial charge in [0.2, 0.25) is 5.91 Å². The minimum absolute atomic E-state index is 0.0438. The molecule has 4 heterocycles. The zero-order valence-corrected chi connectivity index (χ0v) is 26.0. The van der Waals surface area contributed by atoms with Crippen LogP contribution in [0.3, 0.4) is 0 Å². The topological polar surface area (TPSA) is 106 Å². The van der Waals surface area contributed by atoms with Crippen molar-refractivity contribution < 1.29 is 18.7 Å². The second-order valence-electron chi connectivity index (χ2n) is 11.0. The maximum Gasteiger partial charge on any atom is 0.241 e. The van der Waals surface area contributed by atoms with Gasteiger partial charge in [-0.15, -0.1) is 11.3 Å². The van der Waals surface area contributed by atoms with E-state index in [4.69, 9.17) is 21.1 Å². The molecule has 1 aliphatic heterocycles. The summed E-state index contributed by atoms with van der Waals surface area (Å²) in [5, 5.41) is 12.4. The summed E-state index contributed by atoms with van der Waals surface area (Å²) in [6, 6.07) is 11.7. The lowest BCUT2D eigenvalue weighted by molar-refractivity contribution is -0.122. The number of halogens is 2. The SMILES string of the molecule is O=C(Cn1ncc2c1CCc1c-2sc2ncnc(Nc3ccc(OCc4cccc(F)c4)c(Cl)c3)c12)NCCN1CCOCC1. The third-order valence-electron chi connectivity index (χ3n) is 8.02. The van der Waals surface area contributed by atoms with Gasteiger partial charge in [-0.05, 0) is 54.3 Å². The molecule has 232 valence electrons. The molecular weight excluding hydrogens is 617 g/mol. The minimum Gasteiger partial charge on any atom is -0.487 e. The Hall–Kier alpha value is -4.10. The molecule has 0 radical (unpaired) electrons. The summed E-state index contributed by atoms with van der Waals surface area (Å²) in [7, 11) is 0. The van der Waals surface area contributed by atoms with Crippen LogP contribution in [0.15, 0.2) is 55.0 Å². The molecule has 0 bridgehead atoms. The molecule has 2 N–H and O–H groups in total. The van der Waals surface area contributed by atoms with Crippen molar-refractivity contribution in [3.63, 3.8) is 0 Å². The number of aryl methyl sites for hydroxylation is 1. The Morgan fingerprint density at radius 1 is 1.13 bits per heavy atom. The predicted octanol–water partition coefficient (Wildman–Crippen LogP) is 5.22. The molecule has 1 amide bonds. The van der Waals surface area contributed by atoms with E-state index in [0.29, 0.717) is 23.1 Å². The summed E-state index contributed by atoms with van der Waals surface area (Å²) in [5.74, 6) is 0.842. The van der Waals surface area contributed by atoms with Gasteiger partial charge >= 0.3 is 0 Å². The van der Waals surface area contributed by atoms with E-state index in [1.165, 1.54) is 17.7 Å². The van der Waals surface area contributed by atoms with Crippen molar-refractivity contribution in [3.8, 4) is 16.2 Å².